The Morgan fingerprint density at radius 2 is 1.17 bits per heavy atom. The van der Waals surface area contributed by atoms with E-state index in [0.717, 1.165) is 22.4 Å². The van der Waals surface area contributed by atoms with Gasteiger partial charge in [0, 0.05) is 11.1 Å². The van der Waals surface area contributed by atoms with Crippen LogP contribution in [0.3, 0.4) is 0 Å². The van der Waals surface area contributed by atoms with Gasteiger partial charge in [-0.15, -0.1) is 0 Å². The van der Waals surface area contributed by atoms with Gasteiger partial charge in [-0.05, 0) is 25.0 Å². The van der Waals surface area contributed by atoms with Crippen LogP contribution in [0.25, 0.3) is 0 Å². The lowest BCUT2D eigenvalue weighted by molar-refractivity contribution is 0.106. The summed E-state index contributed by atoms with van der Waals surface area (Å²) in [6, 6.07) is 25.0. The van der Waals surface area contributed by atoms with Crippen LogP contribution in [0.15, 0.2) is 83.9 Å². The van der Waals surface area contributed by atoms with Crippen LogP contribution in [-0.4, -0.2) is 11.5 Å². The number of aryl methyl sites for hydroxylation is 2. The summed E-state index contributed by atoms with van der Waals surface area (Å²) in [5, 5.41) is 0. The summed E-state index contributed by atoms with van der Waals surface area (Å²) < 4.78 is 0. The number of aliphatic imine (C=N–C) groups is 1. The van der Waals surface area contributed by atoms with E-state index in [9.17, 15) is 4.79 Å². The van der Waals surface area contributed by atoms with Gasteiger partial charge in [-0.3, -0.25) is 4.79 Å². The highest BCUT2D eigenvalue weighted by Crippen LogP contribution is 2.25. The first-order valence-electron chi connectivity index (χ1n) is 7.97. The van der Waals surface area contributed by atoms with E-state index in [1.54, 1.807) is 0 Å². The van der Waals surface area contributed by atoms with E-state index in [1.807, 2.05) is 92.7 Å². The zero-order chi connectivity index (χ0) is 16.9. The second-order valence-corrected chi connectivity index (χ2v) is 5.76. The van der Waals surface area contributed by atoms with Crippen LogP contribution in [0.2, 0.25) is 0 Å². The zero-order valence-electron chi connectivity index (χ0n) is 13.9. The van der Waals surface area contributed by atoms with E-state index in [0.29, 0.717) is 11.3 Å². The van der Waals surface area contributed by atoms with Crippen LogP contribution in [0.1, 0.15) is 27.0 Å². The lowest BCUT2D eigenvalue weighted by atomic mass is 10.00. The molecule has 0 amide bonds. The van der Waals surface area contributed by atoms with Crippen LogP contribution < -0.4 is 0 Å². The minimum Gasteiger partial charge on any atom is -0.287 e. The number of carbonyl (C=O) groups is 1. The smallest absolute Gasteiger partial charge is 0.211 e. The molecule has 3 rings (SSSR count). The molecule has 0 N–H and O–H groups in total. The molecule has 0 bridgehead atoms. The molecular weight excluding hydrogens is 294 g/mol. The zero-order valence-corrected chi connectivity index (χ0v) is 13.9. The van der Waals surface area contributed by atoms with Crippen LogP contribution >= 0.6 is 0 Å². The largest absolute Gasteiger partial charge is 0.287 e. The minimum atomic E-state index is -0.0653. The summed E-state index contributed by atoms with van der Waals surface area (Å²) in [6.07, 6.45) is 0. The molecule has 3 aromatic rings. The molecule has 0 unspecified atom stereocenters. The van der Waals surface area contributed by atoms with Crippen molar-refractivity contribution in [3.8, 4) is 0 Å². The predicted octanol–water partition coefficient (Wildman–Crippen LogP) is 5.31. The second kappa shape index (κ2) is 7.05. The minimum absolute atomic E-state index is 0.0653. The normalized spacial score (nSPS) is 11.3. The highest BCUT2D eigenvalue weighted by molar-refractivity contribution is 6.51. The predicted molar refractivity (Wildman–Crippen MR) is 99.3 cm³/mol. The van der Waals surface area contributed by atoms with Crippen molar-refractivity contribution in [2.45, 2.75) is 13.8 Å². The summed E-state index contributed by atoms with van der Waals surface area (Å²) in [4.78, 5) is 17.8. The summed E-state index contributed by atoms with van der Waals surface area (Å²) in [5.41, 5.74) is 4.92. The van der Waals surface area contributed by atoms with E-state index in [1.165, 1.54) is 0 Å². The molecule has 0 aromatic heterocycles. The first-order chi connectivity index (χ1) is 11.7. The molecule has 3 aromatic carbocycles. The summed E-state index contributed by atoms with van der Waals surface area (Å²) in [7, 11) is 0. The maximum atomic E-state index is 13.0. The third kappa shape index (κ3) is 3.33. The molecule has 0 aliphatic carbocycles. The van der Waals surface area contributed by atoms with E-state index in [4.69, 9.17) is 4.99 Å². The molecule has 0 radical (unpaired) electrons. The van der Waals surface area contributed by atoms with Crippen molar-refractivity contribution in [1.29, 1.82) is 0 Å². The molecular formula is C22H19NO. The molecule has 0 atom stereocenters. The molecule has 118 valence electrons. The van der Waals surface area contributed by atoms with Gasteiger partial charge >= 0.3 is 0 Å². The SMILES string of the molecule is Cc1cccc(C)c1N=C(C(=O)c1ccccc1)c1ccccc1. The van der Waals surface area contributed by atoms with Crippen molar-refractivity contribution in [3.63, 3.8) is 0 Å². The average molecular weight is 313 g/mol. The van der Waals surface area contributed by atoms with Gasteiger partial charge in [0.1, 0.15) is 5.71 Å². The van der Waals surface area contributed by atoms with Crippen molar-refractivity contribution in [2.24, 2.45) is 4.99 Å². The Morgan fingerprint density at radius 3 is 1.71 bits per heavy atom. The van der Waals surface area contributed by atoms with Gasteiger partial charge in [0.2, 0.25) is 5.78 Å². The Balaban J connectivity index is 2.17. The van der Waals surface area contributed by atoms with Gasteiger partial charge in [0.25, 0.3) is 0 Å². The molecule has 0 saturated heterocycles. The van der Waals surface area contributed by atoms with Crippen molar-refractivity contribution < 1.29 is 4.79 Å². The molecule has 0 spiro atoms. The first kappa shape index (κ1) is 15.9. The number of para-hydroxylation sites is 1. The number of rotatable bonds is 4. The Bertz CT molecular complexity index is 860. The summed E-state index contributed by atoms with van der Waals surface area (Å²) in [5.74, 6) is -0.0653. The van der Waals surface area contributed by atoms with Gasteiger partial charge in [0.15, 0.2) is 0 Å². The van der Waals surface area contributed by atoms with E-state index in [2.05, 4.69) is 0 Å². The van der Waals surface area contributed by atoms with Crippen LogP contribution in [0.4, 0.5) is 5.69 Å². The summed E-state index contributed by atoms with van der Waals surface area (Å²) in [6.45, 7) is 4.03. The lowest BCUT2D eigenvalue weighted by Gasteiger charge is -2.10. The van der Waals surface area contributed by atoms with Gasteiger partial charge < -0.3 is 0 Å². The Labute approximate surface area is 142 Å². The first-order valence-corrected chi connectivity index (χ1v) is 7.97. The number of hydrogen-bond donors (Lipinski definition) is 0. The Kier molecular flexibility index (Phi) is 4.66. The summed E-state index contributed by atoms with van der Waals surface area (Å²) >= 11 is 0. The molecule has 0 saturated carbocycles. The number of hydrogen-bond acceptors (Lipinski definition) is 2. The van der Waals surface area contributed by atoms with Gasteiger partial charge in [-0.25, -0.2) is 4.99 Å². The monoisotopic (exact) mass is 313 g/mol. The molecule has 0 fully saturated rings. The number of carbonyl (C=O) groups excluding carboxylic acids is 1. The molecule has 2 nitrogen and oxygen atoms in total. The highest BCUT2D eigenvalue weighted by atomic mass is 16.1. The van der Waals surface area contributed by atoms with Gasteiger partial charge in [-0.1, -0.05) is 78.9 Å². The van der Waals surface area contributed by atoms with Crippen LogP contribution in [0, 0.1) is 13.8 Å². The van der Waals surface area contributed by atoms with Crippen molar-refractivity contribution in [2.75, 3.05) is 0 Å². The molecule has 0 aliphatic heterocycles. The fraction of sp³-hybridized carbons (Fsp3) is 0.0909. The number of ketones is 1. The van der Waals surface area contributed by atoms with Crippen molar-refractivity contribution >= 4 is 17.2 Å². The fourth-order valence-corrected chi connectivity index (χ4v) is 2.66. The number of Topliss-reactive ketones (excluding diaryl/α,β-unsaturated/α-hetero) is 1. The topological polar surface area (TPSA) is 29.4 Å². The maximum absolute atomic E-state index is 13.0. The Hall–Kier alpha value is -3.00. The third-order valence-corrected chi connectivity index (χ3v) is 3.96. The fourth-order valence-electron chi connectivity index (χ4n) is 2.66. The third-order valence-electron chi connectivity index (χ3n) is 3.96. The number of nitrogens with zero attached hydrogens (tertiary/aromatic N) is 1. The molecule has 0 aliphatic rings. The molecule has 2 heteroatoms. The van der Waals surface area contributed by atoms with Gasteiger partial charge in [-0.2, -0.15) is 0 Å². The van der Waals surface area contributed by atoms with Crippen LogP contribution in [-0.2, 0) is 0 Å². The van der Waals surface area contributed by atoms with Crippen molar-refractivity contribution in [3.05, 3.63) is 101 Å². The van der Waals surface area contributed by atoms with E-state index in [-0.39, 0.29) is 5.78 Å². The van der Waals surface area contributed by atoms with Crippen LogP contribution in [0.5, 0.6) is 0 Å². The average Bonchev–Trinajstić information content (AvgIpc) is 2.62. The van der Waals surface area contributed by atoms with E-state index >= 15 is 0 Å². The highest BCUT2D eigenvalue weighted by Gasteiger charge is 2.17. The quantitative estimate of drug-likeness (QED) is 0.474. The standard InChI is InChI=1S/C22H19NO/c1-16-10-9-11-17(2)20(16)23-21(18-12-5-3-6-13-18)22(24)19-14-7-4-8-15-19/h3-15H,1-2H3. The van der Waals surface area contributed by atoms with Gasteiger partial charge in [0.05, 0.1) is 5.69 Å². The number of benzene rings is 3. The Morgan fingerprint density at radius 1 is 0.667 bits per heavy atom. The van der Waals surface area contributed by atoms with Crippen molar-refractivity contribution in [1.82, 2.24) is 0 Å². The second-order valence-electron chi connectivity index (χ2n) is 5.76. The molecule has 24 heavy (non-hydrogen) atoms. The molecule has 0 heterocycles. The maximum Gasteiger partial charge on any atom is 0.211 e. The van der Waals surface area contributed by atoms with E-state index < -0.39 is 0 Å². The lowest BCUT2D eigenvalue weighted by Crippen LogP contribution is -2.15.